The predicted octanol–water partition coefficient (Wildman–Crippen LogP) is 2.09. The lowest BCUT2D eigenvalue weighted by molar-refractivity contribution is 0.0202. The van der Waals surface area contributed by atoms with Crippen molar-refractivity contribution < 1.29 is 14.7 Å². The summed E-state index contributed by atoms with van der Waals surface area (Å²) in [5, 5.41) is 11.4. The summed E-state index contributed by atoms with van der Waals surface area (Å²) < 4.78 is 5.28. The second-order valence-electron chi connectivity index (χ2n) is 5.07. The summed E-state index contributed by atoms with van der Waals surface area (Å²) in [5.74, 6) is 0.267. The second-order valence-corrected chi connectivity index (χ2v) is 5.07. The van der Waals surface area contributed by atoms with Crippen LogP contribution in [-0.2, 0) is 4.74 Å². The predicted molar refractivity (Wildman–Crippen MR) is 60.8 cm³/mol. The molecule has 0 bridgehead atoms. The second kappa shape index (κ2) is 5.18. The average molecular weight is 228 g/mol. The van der Waals surface area contributed by atoms with Crippen LogP contribution in [-0.4, -0.2) is 41.1 Å². The molecule has 5 heteroatoms. The monoisotopic (exact) mass is 228 g/mol. The third-order valence-corrected chi connectivity index (χ3v) is 2.47. The molecule has 0 aromatic carbocycles. The molecular weight excluding hydrogens is 208 g/mol. The van der Waals surface area contributed by atoms with Gasteiger partial charge in [0.2, 0.25) is 0 Å². The Labute approximate surface area is 96.1 Å². The van der Waals surface area contributed by atoms with E-state index in [9.17, 15) is 4.79 Å². The molecule has 1 aliphatic rings. The Morgan fingerprint density at radius 2 is 2.00 bits per heavy atom. The van der Waals surface area contributed by atoms with Crippen molar-refractivity contribution in [1.29, 1.82) is 0 Å². The van der Waals surface area contributed by atoms with Gasteiger partial charge in [0.25, 0.3) is 0 Å². The molecule has 0 aliphatic carbocycles. The Balaban J connectivity index is 2.39. The zero-order valence-corrected chi connectivity index (χ0v) is 10.1. The first-order chi connectivity index (χ1) is 7.42. The number of oxime groups is 1. The topological polar surface area (TPSA) is 62.1 Å². The number of rotatable bonds is 1. The molecule has 92 valence electrons. The number of carbonyl (C=O) groups is 1. The molecule has 1 N–H and O–H groups in total. The fraction of sp³-hybridized carbons (Fsp3) is 0.818. The highest BCUT2D eigenvalue weighted by atomic mass is 16.6. The van der Waals surface area contributed by atoms with E-state index in [1.165, 1.54) is 6.21 Å². The maximum absolute atomic E-state index is 11.7. The Morgan fingerprint density at radius 3 is 2.44 bits per heavy atom. The first-order valence-corrected chi connectivity index (χ1v) is 5.58. The smallest absolute Gasteiger partial charge is 0.410 e. The third-order valence-electron chi connectivity index (χ3n) is 2.47. The van der Waals surface area contributed by atoms with Crippen LogP contribution in [0.3, 0.4) is 0 Å². The summed E-state index contributed by atoms with van der Waals surface area (Å²) in [6.07, 6.45) is 2.92. The van der Waals surface area contributed by atoms with Gasteiger partial charge in [-0.15, -0.1) is 5.16 Å². The molecule has 1 fully saturated rings. The summed E-state index contributed by atoms with van der Waals surface area (Å²) in [7, 11) is 0. The van der Waals surface area contributed by atoms with Crippen LogP contribution >= 0.6 is 0 Å². The Kier molecular flexibility index (Phi) is 4.15. The minimum absolute atomic E-state index is 0.258. The molecule has 1 aliphatic heterocycles. The maximum Gasteiger partial charge on any atom is 0.410 e. The SMILES string of the molecule is CC(C)(C)OC(=O)N1CCC(/C=N\O)CC1. The fourth-order valence-corrected chi connectivity index (χ4v) is 1.65. The highest BCUT2D eigenvalue weighted by Gasteiger charge is 2.26. The van der Waals surface area contributed by atoms with E-state index in [4.69, 9.17) is 9.94 Å². The lowest BCUT2D eigenvalue weighted by Gasteiger charge is -2.32. The van der Waals surface area contributed by atoms with Crippen molar-refractivity contribution in [3.05, 3.63) is 0 Å². The van der Waals surface area contributed by atoms with E-state index >= 15 is 0 Å². The number of ether oxygens (including phenoxy) is 1. The Hall–Kier alpha value is -1.26. The molecule has 0 aromatic rings. The van der Waals surface area contributed by atoms with Gasteiger partial charge < -0.3 is 14.8 Å². The molecule has 0 aromatic heterocycles. The van der Waals surface area contributed by atoms with Gasteiger partial charge >= 0.3 is 6.09 Å². The van der Waals surface area contributed by atoms with Gasteiger partial charge in [0.1, 0.15) is 5.60 Å². The van der Waals surface area contributed by atoms with E-state index in [-0.39, 0.29) is 12.0 Å². The van der Waals surface area contributed by atoms with E-state index in [1.54, 1.807) is 4.90 Å². The maximum atomic E-state index is 11.7. The van der Waals surface area contributed by atoms with Crippen molar-refractivity contribution in [3.8, 4) is 0 Å². The van der Waals surface area contributed by atoms with Crippen molar-refractivity contribution in [1.82, 2.24) is 4.90 Å². The first-order valence-electron chi connectivity index (χ1n) is 5.58. The number of piperidine rings is 1. The summed E-state index contributed by atoms with van der Waals surface area (Å²) in [5.41, 5.74) is -0.444. The van der Waals surface area contributed by atoms with Crippen LogP contribution in [0.5, 0.6) is 0 Å². The highest BCUT2D eigenvalue weighted by molar-refractivity contribution is 5.69. The van der Waals surface area contributed by atoms with Crippen molar-refractivity contribution in [2.24, 2.45) is 11.1 Å². The van der Waals surface area contributed by atoms with Gasteiger partial charge in [-0.25, -0.2) is 4.79 Å². The van der Waals surface area contributed by atoms with Crippen molar-refractivity contribution in [2.45, 2.75) is 39.2 Å². The van der Waals surface area contributed by atoms with Gasteiger partial charge in [0.05, 0.1) is 0 Å². The molecule has 0 radical (unpaired) electrons. The molecule has 1 amide bonds. The lowest BCUT2D eigenvalue weighted by Crippen LogP contribution is -2.41. The van der Waals surface area contributed by atoms with Crippen LogP contribution in [0.4, 0.5) is 4.79 Å². The molecule has 0 atom stereocenters. The molecule has 1 heterocycles. The highest BCUT2D eigenvalue weighted by Crippen LogP contribution is 2.18. The number of carbonyl (C=O) groups excluding carboxylic acids is 1. The molecule has 1 saturated heterocycles. The summed E-state index contributed by atoms with van der Waals surface area (Å²) in [6.45, 7) is 6.89. The largest absolute Gasteiger partial charge is 0.444 e. The zero-order valence-electron chi connectivity index (χ0n) is 10.1. The minimum atomic E-state index is -0.444. The summed E-state index contributed by atoms with van der Waals surface area (Å²) in [6, 6.07) is 0. The summed E-state index contributed by atoms with van der Waals surface area (Å²) >= 11 is 0. The van der Waals surface area contributed by atoms with Crippen molar-refractivity contribution in [3.63, 3.8) is 0 Å². The van der Waals surface area contributed by atoms with Gasteiger partial charge in [0.15, 0.2) is 0 Å². The Morgan fingerprint density at radius 1 is 1.44 bits per heavy atom. The number of nitrogens with zero attached hydrogens (tertiary/aromatic N) is 2. The summed E-state index contributed by atoms with van der Waals surface area (Å²) in [4.78, 5) is 13.4. The van der Waals surface area contributed by atoms with E-state index in [0.717, 1.165) is 12.8 Å². The molecule has 0 unspecified atom stereocenters. The van der Waals surface area contributed by atoms with Gasteiger partial charge in [-0.05, 0) is 33.6 Å². The van der Waals surface area contributed by atoms with Gasteiger partial charge in [-0.3, -0.25) is 0 Å². The lowest BCUT2D eigenvalue weighted by atomic mass is 9.99. The number of hydrogen-bond donors (Lipinski definition) is 1. The van der Waals surface area contributed by atoms with Crippen LogP contribution in [0.2, 0.25) is 0 Å². The van der Waals surface area contributed by atoms with Crippen LogP contribution in [0, 0.1) is 5.92 Å². The molecular formula is C11H20N2O3. The van der Waals surface area contributed by atoms with Crippen LogP contribution in [0.15, 0.2) is 5.16 Å². The van der Waals surface area contributed by atoms with Crippen molar-refractivity contribution in [2.75, 3.05) is 13.1 Å². The number of hydrogen-bond acceptors (Lipinski definition) is 4. The first kappa shape index (κ1) is 12.8. The molecule has 1 rings (SSSR count). The third kappa shape index (κ3) is 4.08. The minimum Gasteiger partial charge on any atom is -0.444 e. The number of likely N-dealkylation sites (tertiary alicyclic amines) is 1. The normalized spacial score (nSPS) is 19.1. The standard InChI is InChI=1S/C11H20N2O3/c1-11(2,3)16-10(14)13-6-4-9(5-7-13)8-12-15/h8-9,15H,4-7H2,1-3H3/b12-8-. The van der Waals surface area contributed by atoms with Crippen LogP contribution < -0.4 is 0 Å². The van der Waals surface area contributed by atoms with Gasteiger partial charge in [-0.2, -0.15) is 0 Å². The quantitative estimate of drug-likeness (QED) is 0.424. The van der Waals surface area contributed by atoms with Crippen molar-refractivity contribution >= 4 is 12.3 Å². The fourth-order valence-electron chi connectivity index (χ4n) is 1.65. The Bertz CT molecular complexity index is 263. The van der Waals surface area contributed by atoms with Crippen LogP contribution in [0.1, 0.15) is 33.6 Å². The molecule has 0 spiro atoms. The number of amides is 1. The van der Waals surface area contributed by atoms with E-state index in [1.807, 2.05) is 20.8 Å². The zero-order chi connectivity index (χ0) is 12.2. The van der Waals surface area contributed by atoms with Crippen LogP contribution in [0.25, 0.3) is 0 Å². The van der Waals surface area contributed by atoms with E-state index in [0.29, 0.717) is 13.1 Å². The average Bonchev–Trinajstić information content (AvgIpc) is 2.16. The van der Waals surface area contributed by atoms with Gasteiger partial charge in [-0.1, -0.05) is 0 Å². The molecule has 16 heavy (non-hydrogen) atoms. The van der Waals surface area contributed by atoms with E-state index in [2.05, 4.69) is 5.16 Å². The molecule has 0 saturated carbocycles. The van der Waals surface area contributed by atoms with Gasteiger partial charge in [0, 0.05) is 25.2 Å². The van der Waals surface area contributed by atoms with E-state index < -0.39 is 5.60 Å². The molecule has 5 nitrogen and oxygen atoms in total.